The summed E-state index contributed by atoms with van der Waals surface area (Å²) in [6.07, 6.45) is 0.730. The Morgan fingerprint density at radius 3 is 1.93 bits per heavy atom. The number of carbonyl (C=O) groups is 5. The second-order valence-corrected chi connectivity index (χ2v) is 10.7. The van der Waals surface area contributed by atoms with Crippen molar-refractivity contribution < 1.29 is 34.2 Å². The van der Waals surface area contributed by atoms with Gasteiger partial charge in [-0.1, -0.05) is 41.4 Å². The molecule has 4 amide bonds. The molecule has 0 aliphatic carbocycles. The molecule has 11 nitrogen and oxygen atoms in total. The number of hydrogen-bond acceptors (Lipinski definition) is 5. The summed E-state index contributed by atoms with van der Waals surface area (Å²) in [5.74, 6) is -3.61. The third-order valence-corrected chi connectivity index (χ3v) is 7.62. The van der Waals surface area contributed by atoms with Crippen molar-refractivity contribution in [3.05, 3.63) is 93.5 Å². The van der Waals surface area contributed by atoms with E-state index in [0.717, 1.165) is 0 Å². The Bertz CT molecular complexity index is 1500. The zero-order chi connectivity index (χ0) is 31.1. The van der Waals surface area contributed by atoms with Crippen molar-refractivity contribution in [2.75, 3.05) is 23.7 Å². The Balaban J connectivity index is 1.27. The highest BCUT2D eigenvalue weighted by Gasteiger charge is 2.30. The average Bonchev–Trinajstić information content (AvgIpc) is 2.98. The molecule has 224 valence electrons. The standard InChI is InChI=1S/C30H28Cl2N4O7/c31-22-2-1-3-23(32)25(22)27(38)33-20-8-4-17(5-9-20)16-24(29(41)42)35-26(37)18-12-14-36(15-13-18)30(43)34-21-10-6-19(7-11-21)28(39)40/h1-11,18,24H,12-16H2,(H,33,38)(H,34,43)(H,35,37)(H,39,40)(H,41,42)/t24-/m0/s1. The first-order valence-electron chi connectivity index (χ1n) is 13.3. The topological polar surface area (TPSA) is 165 Å². The Morgan fingerprint density at radius 2 is 1.37 bits per heavy atom. The van der Waals surface area contributed by atoms with E-state index in [4.69, 9.17) is 28.3 Å². The number of aromatic carboxylic acids is 1. The minimum Gasteiger partial charge on any atom is -0.480 e. The lowest BCUT2D eigenvalue weighted by atomic mass is 9.95. The van der Waals surface area contributed by atoms with E-state index in [1.54, 1.807) is 47.4 Å². The second kappa shape index (κ2) is 14.0. The molecule has 1 saturated heterocycles. The monoisotopic (exact) mass is 626 g/mol. The third-order valence-electron chi connectivity index (χ3n) is 6.99. The van der Waals surface area contributed by atoms with E-state index in [0.29, 0.717) is 42.9 Å². The summed E-state index contributed by atoms with van der Waals surface area (Å²) in [7, 11) is 0. The lowest BCUT2D eigenvalue weighted by Gasteiger charge is -2.32. The summed E-state index contributed by atoms with van der Waals surface area (Å²) < 4.78 is 0. The predicted octanol–water partition coefficient (Wildman–Crippen LogP) is 5.00. The van der Waals surface area contributed by atoms with Crippen LogP contribution in [0.3, 0.4) is 0 Å². The van der Waals surface area contributed by atoms with Gasteiger partial charge in [-0.25, -0.2) is 14.4 Å². The molecule has 0 saturated carbocycles. The van der Waals surface area contributed by atoms with Gasteiger partial charge in [0.1, 0.15) is 6.04 Å². The molecule has 1 fully saturated rings. The highest BCUT2D eigenvalue weighted by atomic mass is 35.5. The van der Waals surface area contributed by atoms with E-state index in [2.05, 4.69) is 16.0 Å². The SMILES string of the molecule is O=C(O)c1ccc(NC(=O)N2CCC(C(=O)N[C@@H](Cc3ccc(NC(=O)c4c(Cl)cccc4Cl)cc3)C(=O)O)CC2)cc1. The van der Waals surface area contributed by atoms with Gasteiger partial charge < -0.3 is 31.1 Å². The molecule has 1 atom stereocenters. The number of piperidine rings is 1. The van der Waals surface area contributed by atoms with Crippen LogP contribution in [0.5, 0.6) is 0 Å². The van der Waals surface area contributed by atoms with Crippen LogP contribution < -0.4 is 16.0 Å². The molecule has 1 heterocycles. The molecule has 1 aliphatic heterocycles. The summed E-state index contributed by atoms with van der Waals surface area (Å²) in [6.45, 7) is 0.586. The molecule has 0 radical (unpaired) electrons. The van der Waals surface area contributed by atoms with Gasteiger partial charge in [-0.2, -0.15) is 0 Å². The Labute approximate surface area is 256 Å². The number of benzene rings is 3. The quantitative estimate of drug-likeness (QED) is 0.223. The molecule has 1 aliphatic rings. The summed E-state index contributed by atoms with van der Waals surface area (Å²) in [4.78, 5) is 62.6. The number of halogens is 2. The Kier molecular flexibility index (Phi) is 10.2. The van der Waals surface area contributed by atoms with Crippen molar-refractivity contribution in [3.63, 3.8) is 0 Å². The van der Waals surface area contributed by atoms with Crippen molar-refractivity contribution in [3.8, 4) is 0 Å². The molecule has 0 spiro atoms. The fourth-order valence-electron chi connectivity index (χ4n) is 4.60. The van der Waals surface area contributed by atoms with Crippen molar-refractivity contribution in [1.82, 2.24) is 10.2 Å². The van der Waals surface area contributed by atoms with E-state index >= 15 is 0 Å². The van der Waals surface area contributed by atoms with Crippen LogP contribution in [0.15, 0.2) is 66.7 Å². The van der Waals surface area contributed by atoms with E-state index in [1.807, 2.05) is 0 Å². The summed E-state index contributed by atoms with van der Waals surface area (Å²) >= 11 is 12.2. The van der Waals surface area contributed by atoms with Gasteiger partial charge in [0.15, 0.2) is 0 Å². The predicted molar refractivity (Wildman–Crippen MR) is 161 cm³/mol. The van der Waals surface area contributed by atoms with Crippen molar-refractivity contribution in [1.29, 1.82) is 0 Å². The number of carbonyl (C=O) groups excluding carboxylic acids is 3. The molecule has 3 aromatic carbocycles. The maximum atomic E-state index is 12.9. The number of rotatable bonds is 9. The zero-order valence-corrected chi connectivity index (χ0v) is 24.2. The van der Waals surface area contributed by atoms with E-state index in [-0.39, 0.29) is 33.6 Å². The Morgan fingerprint density at radius 1 is 0.814 bits per heavy atom. The second-order valence-electron chi connectivity index (χ2n) is 9.93. The molecular formula is C30H28Cl2N4O7. The van der Waals surface area contributed by atoms with Crippen LogP contribution in [0.4, 0.5) is 16.2 Å². The van der Waals surface area contributed by atoms with Gasteiger partial charge in [0.25, 0.3) is 5.91 Å². The number of amides is 4. The highest BCUT2D eigenvalue weighted by molar-refractivity contribution is 6.40. The van der Waals surface area contributed by atoms with Gasteiger partial charge in [0.05, 0.1) is 21.2 Å². The number of hydrogen-bond donors (Lipinski definition) is 5. The largest absolute Gasteiger partial charge is 0.480 e. The lowest BCUT2D eigenvalue weighted by molar-refractivity contribution is -0.142. The highest BCUT2D eigenvalue weighted by Crippen LogP contribution is 2.25. The number of urea groups is 1. The normalized spacial score (nSPS) is 14.0. The van der Waals surface area contributed by atoms with Gasteiger partial charge in [0, 0.05) is 36.8 Å². The number of likely N-dealkylation sites (tertiary alicyclic amines) is 1. The van der Waals surface area contributed by atoms with Crippen LogP contribution >= 0.6 is 23.2 Å². The zero-order valence-electron chi connectivity index (χ0n) is 22.7. The van der Waals surface area contributed by atoms with Crippen LogP contribution in [0.1, 0.15) is 39.1 Å². The fourth-order valence-corrected chi connectivity index (χ4v) is 5.17. The van der Waals surface area contributed by atoms with Gasteiger partial charge in [-0.15, -0.1) is 0 Å². The fraction of sp³-hybridized carbons (Fsp3) is 0.233. The van der Waals surface area contributed by atoms with Gasteiger partial charge >= 0.3 is 18.0 Å². The van der Waals surface area contributed by atoms with Gasteiger partial charge in [-0.05, 0) is 66.9 Å². The van der Waals surface area contributed by atoms with Crippen LogP contribution in [-0.2, 0) is 16.0 Å². The maximum Gasteiger partial charge on any atom is 0.335 e. The molecule has 3 aromatic rings. The van der Waals surface area contributed by atoms with E-state index < -0.39 is 35.7 Å². The number of carboxylic acid groups (broad SMARTS) is 2. The molecule has 13 heteroatoms. The Hall–Kier alpha value is -4.61. The van der Waals surface area contributed by atoms with Gasteiger partial charge in [-0.3, -0.25) is 9.59 Å². The number of anilines is 2. The van der Waals surface area contributed by atoms with Crippen LogP contribution in [0, 0.1) is 5.92 Å². The summed E-state index contributed by atoms with van der Waals surface area (Å²) in [6, 6.07) is 15.5. The van der Waals surface area contributed by atoms with Crippen LogP contribution in [0.25, 0.3) is 0 Å². The van der Waals surface area contributed by atoms with E-state index in [1.165, 1.54) is 24.3 Å². The smallest absolute Gasteiger partial charge is 0.335 e. The molecule has 5 N–H and O–H groups in total. The van der Waals surface area contributed by atoms with Gasteiger partial charge in [0.2, 0.25) is 5.91 Å². The minimum absolute atomic E-state index is 0.0214. The average molecular weight is 627 g/mol. The molecular weight excluding hydrogens is 599 g/mol. The first-order chi connectivity index (χ1) is 20.5. The van der Waals surface area contributed by atoms with Crippen molar-refractivity contribution >= 4 is 64.4 Å². The molecule has 0 unspecified atom stereocenters. The lowest BCUT2D eigenvalue weighted by Crippen LogP contribution is -2.48. The van der Waals surface area contributed by atoms with Crippen LogP contribution in [0.2, 0.25) is 10.0 Å². The summed E-state index contributed by atoms with van der Waals surface area (Å²) in [5, 5.41) is 27.2. The minimum atomic E-state index is -1.19. The van der Waals surface area contributed by atoms with Crippen molar-refractivity contribution in [2.45, 2.75) is 25.3 Å². The number of nitrogens with one attached hydrogen (secondary N) is 3. The van der Waals surface area contributed by atoms with Crippen molar-refractivity contribution in [2.24, 2.45) is 5.92 Å². The maximum absolute atomic E-state index is 12.9. The first-order valence-corrected chi connectivity index (χ1v) is 14.0. The van der Waals surface area contributed by atoms with Crippen LogP contribution in [-0.4, -0.2) is 64.0 Å². The molecule has 0 bridgehead atoms. The first kappa shape index (κ1) is 31.3. The number of aliphatic carboxylic acids is 1. The number of carboxylic acids is 2. The molecule has 0 aromatic heterocycles. The third kappa shape index (κ3) is 8.24. The van der Waals surface area contributed by atoms with E-state index in [9.17, 15) is 29.1 Å². The molecule has 4 rings (SSSR count). The number of nitrogens with zero attached hydrogens (tertiary/aromatic N) is 1. The molecule has 43 heavy (non-hydrogen) atoms. The summed E-state index contributed by atoms with van der Waals surface area (Å²) in [5.41, 5.74) is 1.77.